The van der Waals surface area contributed by atoms with E-state index in [9.17, 15) is 0 Å². The van der Waals surface area contributed by atoms with Crippen LogP contribution >= 0.6 is 0 Å². The second-order valence-electron chi connectivity index (χ2n) is 15.6. The Balaban J connectivity index is 1.48. The summed E-state index contributed by atoms with van der Waals surface area (Å²) < 4.78 is 7.05. The van der Waals surface area contributed by atoms with E-state index in [1.54, 1.807) is 0 Å². The first-order valence-electron chi connectivity index (χ1n) is 21.1. The summed E-state index contributed by atoms with van der Waals surface area (Å²) >= 11 is -2.67. The summed E-state index contributed by atoms with van der Waals surface area (Å²) in [5, 5.41) is 0. The number of nitrogens with zero attached hydrogens (tertiary/aromatic N) is 2. The molecule has 0 atom stereocenters. The van der Waals surface area contributed by atoms with Crippen molar-refractivity contribution in [2.75, 3.05) is 0 Å². The van der Waals surface area contributed by atoms with Crippen LogP contribution in [0.2, 0.25) is 13.3 Å². The Morgan fingerprint density at radius 1 is 0.439 bits per heavy atom. The average Bonchev–Trinajstić information content (AvgIpc) is 4.10. The Hall–Kier alpha value is -5.20. The molecule has 0 unspecified atom stereocenters. The van der Waals surface area contributed by atoms with Crippen molar-refractivity contribution in [2.45, 2.75) is 72.6 Å². The van der Waals surface area contributed by atoms with E-state index in [1.807, 2.05) is 0 Å². The van der Waals surface area contributed by atoms with Gasteiger partial charge in [0.1, 0.15) is 0 Å². The number of fused-ring (bicyclic) bond motifs is 8. The Kier molecular flexibility index (Phi) is 12.2. The number of aromatic amines is 2. The van der Waals surface area contributed by atoms with Gasteiger partial charge in [0.25, 0.3) is 0 Å². The zero-order chi connectivity index (χ0) is 39.0. The van der Waals surface area contributed by atoms with Crippen molar-refractivity contribution in [3.05, 3.63) is 148 Å². The van der Waals surface area contributed by atoms with E-state index >= 15 is 0 Å². The maximum atomic E-state index is 5.53. The molecule has 0 aliphatic carbocycles. The topological polar surface area (TPSA) is 57.4 Å². The van der Waals surface area contributed by atoms with Crippen LogP contribution in [-0.2, 0) is 0 Å². The molecular formula is C52H54N4Sn. The summed E-state index contributed by atoms with van der Waals surface area (Å²) in [6, 6.07) is 40.9. The predicted octanol–water partition coefficient (Wildman–Crippen LogP) is 15.1. The summed E-state index contributed by atoms with van der Waals surface area (Å²) in [7, 11) is 0. The molecule has 8 bridgehead atoms. The minimum absolute atomic E-state index is 0.928. The van der Waals surface area contributed by atoms with Gasteiger partial charge in [-0.15, -0.1) is 0 Å². The van der Waals surface area contributed by atoms with Crippen LogP contribution in [0.3, 0.4) is 0 Å². The fourth-order valence-corrected chi connectivity index (χ4v) is 22.7. The van der Waals surface area contributed by atoms with Gasteiger partial charge in [0, 0.05) is 0 Å². The Morgan fingerprint density at radius 2 is 0.789 bits per heavy atom. The molecule has 2 N–H and O–H groups in total. The molecule has 3 aromatic carbocycles. The molecule has 2 aliphatic heterocycles. The molecule has 2 aliphatic rings. The second kappa shape index (κ2) is 17.9. The zero-order valence-electron chi connectivity index (χ0n) is 33.7. The van der Waals surface area contributed by atoms with Crippen molar-refractivity contribution in [1.29, 1.82) is 0 Å². The van der Waals surface area contributed by atoms with E-state index in [2.05, 4.69) is 180 Å². The first-order chi connectivity index (χ1) is 28.1. The Morgan fingerprint density at radius 3 is 1.19 bits per heavy atom. The van der Waals surface area contributed by atoms with Crippen LogP contribution in [0.4, 0.5) is 0 Å². The second-order valence-corrected chi connectivity index (χ2v) is 28.7. The molecule has 0 fully saturated rings. The van der Waals surface area contributed by atoms with Crippen LogP contribution in [0.5, 0.6) is 0 Å². The van der Waals surface area contributed by atoms with Crippen LogP contribution < -0.4 is 0 Å². The van der Waals surface area contributed by atoms with Crippen LogP contribution in [0.25, 0.3) is 85.8 Å². The van der Waals surface area contributed by atoms with Crippen LogP contribution in [0, 0.1) is 0 Å². The van der Waals surface area contributed by atoms with Crippen molar-refractivity contribution in [3.8, 4) is 33.4 Å². The monoisotopic (exact) mass is 854 g/mol. The van der Waals surface area contributed by atoms with E-state index in [0.29, 0.717) is 0 Å². The van der Waals surface area contributed by atoms with E-state index in [0.717, 1.165) is 83.8 Å². The van der Waals surface area contributed by atoms with Gasteiger partial charge < -0.3 is 0 Å². The van der Waals surface area contributed by atoms with Crippen LogP contribution in [-0.4, -0.2) is 38.3 Å². The number of aromatic nitrogens is 4. The summed E-state index contributed by atoms with van der Waals surface area (Å²) in [6.45, 7) is 7.06. The van der Waals surface area contributed by atoms with Gasteiger partial charge in [0.2, 0.25) is 0 Å². The number of hydrogen-bond donors (Lipinski definition) is 2. The van der Waals surface area contributed by atoms with E-state index in [1.165, 1.54) is 51.8 Å². The molecular weight excluding hydrogens is 799 g/mol. The molecule has 57 heavy (non-hydrogen) atoms. The van der Waals surface area contributed by atoms with Crippen molar-refractivity contribution in [2.24, 2.45) is 0 Å². The molecule has 5 heteroatoms. The molecule has 0 spiro atoms. The molecule has 8 rings (SSSR count). The quantitative estimate of drug-likeness (QED) is 0.107. The molecule has 3 aromatic heterocycles. The third-order valence-electron chi connectivity index (χ3n) is 11.7. The molecule has 0 saturated heterocycles. The number of H-pyrrole nitrogens is 2. The van der Waals surface area contributed by atoms with Crippen molar-refractivity contribution < 1.29 is 0 Å². The summed E-state index contributed by atoms with van der Waals surface area (Å²) in [5.74, 6) is 0. The average molecular weight is 854 g/mol. The van der Waals surface area contributed by atoms with Gasteiger partial charge in [-0.25, -0.2) is 0 Å². The fourth-order valence-electron chi connectivity index (χ4n) is 8.60. The Labute approximate surface area is 342 Å². The third-order valence-corrected chi connectivity index (χ3v) is 25.7. The summed E-state index contributed by atoms with van der Waals surface area (Å²) in [4.78, 5) is 18.8. The summed E-state index contributed by atoms with van der Waals surface area (Å²) in [6.07, 6.45) is 19.1. The van der Waals surface area contributed by atoms with Gasteiger partial charge in [-0.2, -0.15) is 0 Å². The molecule has 6 aromatic rings. The van der Waals surface area contributed by atoms with Gasteiger partial charge in [-0.1, -0.05) is 30.3 Å². The number of rotatable bonds is 14. The molecule has 0 saturated carbocycles. The van der Waals surface area contributed by atoms with Crippen LogP contribution in [0.1, 0.15) is 87.6 Å². The molecule has 286 valence electrons. The molecule has 0 radical (unpaired) electrons. The SMILES string of the molecule is CCC[CH2][Sn](/[CH]=C/c1c2nc(c(-c3ccccc3)c3ccc([nH]3)c(-c3ccccc3)c3nc(c(-c4ccccc4)c4ccc1[nH]4)C=C3)C=C2)([CH2]CCC)[CH2]CCC. The van der Waals surface area contributed by atoms with Gasteiger partial charge in [0.05, 0.1) is 0 Å². The van der Waals surface area contributed by atoms with Crippen molar-refractivity contribution in [1.82, 2.24) is 19.9 Å². The third kappa shape index (κ3) is 8.43. The number of hydrogen-bond acceptors (Lipinski definition) is 2. The standard InChI is InChI=1S/C40H27N4.3C4H9.Sn/c1-2-29-30-18-20-32(41-30)38(26-12-6-3-7-13-26)34-22-24-36(43-34)40(28-16-10-5-11-17-28)37-25-23-35(44-37)39(27-14-8-4-9-15-27)33-21-19-31(29)42-33;3*1-3-4-2;/h1-25,41,44H;3*1,3-4H2,2H3;. The fraction of sp³-hybridized carbons (Fsp3) is 0.231. The minimum atomic E-state index is -2.67. The number of nitrogens with one attached hydrogen (secondary N) is 2. The molecule has 0 amide bonds. The van der Waals surface area contributed by atoms with Crippen molar-refractivity contribution >= 4 is 70.8 Å². The van der Waals surface area contributed by atoms with Gasteiger partial charge in [-0.3, -0.25) is 0 Å². The van der Waals surface area contributed by atoms with Gasteiger partial charge in [0.15, 0.2) is 0 Å². The van der Waals surface area contributed by atoms with E-state index in [-0.39, 0.29) is 0 Å². The molecule has 5 heterocycles. The zero-order valence-corrected chi connectivity index (χ0v) is 36.5. The Bertz CT molecular complexity index is 2520. The first kappa shape index (κ1) is 38.7. The van der Waals surface area contributed by atoms with E-state index in [4.69, 9.17) is 9.97 Å². The van der Waals surface area contributed by atoms with Gasteiger partial charge in [-0.05, 0) is 0 Å². The molecule has 4 nitrogen and oxygen atoms in total. The van der Waals surface area contributed by atoms with E-state index < -0.39 is 18.4 Å². The first-order valence-corrected chi connectivity index (χ1v) is 28.8. The number of unbranched alkanes of at least 4 members (excludes halogenated alkanes) is 3. The van der Waals surface area contributed by atoms with Gasteiger partial charge >= 0.3 is 314 Å². The maximum absolute atomic E-state index is 5.53. The predicted molar refractivity (Wildman–Crippen MR) is 249 cm³/mol. The normalized spacial score (nSPS) is 12.5. The number of benzene rings is 3. The van der Waals surface area contributed by atoms with Crippen molar-refractivity contribution in [3.63, 3.8) is 0 Å². The summed E-state index contributed by atoms with van der Waals surface area (Å²) in [5.41, 5.74) is 15.7. The van der Waals surface area contributed by atoms with Crippen LogP contribution in [0.15, 0.2) is 119 Å².